The van der Waals surface area contributed by atoms with Gasteiger partial charge in [-0.15, -0.1) is 0 Å². The van der Waals surface area contributed by atoms with E-state index in [4.69, 9.17) is 0 Å². The fourth-order valence-electron chi connectivity index (χ4n) is 3.95. The van der Waals surface area contributed by atoms with Crippen LogP contribution in [0.4, 0.5) is 0 Å². The normalized spacial score (nSPS) is 20.7. The first kappa shape index (κ1) is 17.2. The van der Waals surface area contributed by atoms with Crippen LogP contribution < -0.4 is 0 Å². The van der Waals surface area contributed by atoms with E-state index in [1.807, 2.05) is 97.9 Å². The van der Waals surface area contributed by atoms with Gasteiger partial charge in [0, 0.05) is 0 Å². The molecule has 134 valence electrons. The Bertz CT molecular complexity index is 880. The number of hydrogen-bond acceptors (Lipinski definition) is 2. The summed E-state index contributed by atoms with van der Waals surface area (Å²) in [4.78, 5) is 28.3. The average Bonchev–Trinajstić information content (AvgIpc) is 2.99. The number of imide groups is 1. The molecule has 0 saturated carbocycles. The third-order valence-electron chi connectivity index (χ3n) is 5.33. The van der Waals surface area contributed by atoms with Crippen molar-refractivity contribution in [3.05, 3.63) is 108 Å². The van der Waals surface area contributed by atoms with Crippen molar-refractivity contribution in [1.29, 1.82) is 0 Å². The zero-order valence-corrected chi connectivity index (χ0v) is 15.2. The van der Waals surface area contributed by atoms with Crippen LogP contribution in [0.2, 0.25) is 0 Å². The predicted octanol–water partition coefficient (Wildman–Crippen LogP) is 4.68. The second kappa shape index (κ2) is 7.20. The lowest BCUT2D eigenvalue weighted by molar-refractivity contribution is -0.141. The minimum absolute atomic E-state index is 0.128. The number of likely N-dealkylation sites (tertiary alicyclic amines) is 1. The summed E-state index contributed by atoms with van der Waals surface area (Å²) in [6.07, 6.45) is 0. The minimum Gasteiger partial charge on any atom is -0.274 e. The Morgan fingerprint density at radius 2 is 1.00 bits per heavy atom. The maximum atomic E-state index is 13.4. The van der Waals surface area contributed by atoms with Crippen LogP contribution in [0.5, 0.6) is 0 Å². The van der Waals surface area contributed by atoms with Crippen LogP contribution in [0.25, 0.3) is 0 Å². The van der Waals surface area contributed by atoms with Crippen LogP contribution >= 0.6 is 0 Å². The summed E-state index contributed by atoms with van der Waals surface area (Å²) in [5.41, 5.74) is 2.72. The van der Waals surface area contributed by atoms with Crippen LogP contribution in [0.3, 0.4) is 0 Å². The summed E-state index contributed by atoms with van der Waals surface area (Å²) in [6, 6.07) is 28.6. The molecule has 2 amide bonds. The number of benzene rings is 3. The molecule has 1 heterocycles. The number of carbonyl (C=O) groups excluding carboxylic acids is 2. The van der Waals surface area contributed by atoms with Gasteiger partial charge in [0.2, 0.25) is 11.8 Å². The Hall–Kier alpha value is -3.20. The van der Waals surface area contributed by atoms with Gasteiger partial charge in [0.1, 0.15) is 0 Å². The molecule has 0 aromatic heterocycles. The van der Waals surface area contributed by atoms with Crippen LogP contribution in [0.15, 0.2) is 91.0 Å². The highest BCUT2D eigenvalue weighted by Gasteiger charge is 2.50. The van der Waals surface area contributed by atoms with Gasteiger partial charge >= 0.3 is 0 Å². The van der Waals surface area contributed by atoms with Crippen molar-refractivity contribution in [1.82, 2.24) is 4.90 Å². The van der Waals surface area contributed by atoms with Gasteiger partial charge in [0.05, 0.1) is 17.9 Å². The molecular formula is C24H21NO2. The molecule has 0 N–H and O–H groups in total. The maximum absolute atomic E-state index is 13.4. The molecule has 0 spiro atoms. The second-order valence-corrected chi connectivity index (χ2v) is 6.91. The predicted molar refractivity (Wildman–Crippen MR) is 105 cm³/mol. The first-order valence-electron chi connectivity index (χ1n) is 9.20. The fourth-order valence-corrected chi connectivity index (χ4v) is 3.95. The van der Waals surface area contributed by atoms with Gasteiger partial charge in [-0.3, -0.25) is 14.5 Å². The van der Waals surface area contributed by atoms with E-state index in [-0.39, 0.29) is 17.9 Å². The first-order valence-corrected chi connectivity index (χ1v) is 9.20. The lowest BCUT2D eigenvalue weighted by Gasteiger charge is -2.23. The Morgan fingerprint density at radius 1 is 0.630 bits per heavy atom. The maximum Gasteiger partial charge on any atom is 0.238 e. The second-order valence-electron chi connectivity index (χ2n) is 6.91. The average molecular weight is 355 g/mol. The van der Waals surface area contributed by atoms with E-state index < -0.39 is 11.8 Å². The van der Waals surface area contributed by atoms with Gasteiger partial charge < -0.3 is 0 Å². The van der Waals surface area contributed by atoms with Crippen molar-refractivity contribution in [2.24, 2.45) is 0 Å². The lowest BCUT2D eigenvalue weighted by Crippen LogP contribution is -2.33. The van der Waals surface area contributed by atoms with Crippen LogP contribution in [-0.2, 0) is 9.59 Å². The van der Waals surface area contributed by atoms with Gasteiger partial charge in [-0.1, -0.05) is 91.0 Å². The molecule has 0 bridgehead atoms. The molecule has 27 heavy (non-hydrogen) atoms. The minimum atomic E-state index is -0.493. The van der Waals surface area contributed by atoms with E-state index in [9.17, 15) is 9.59 Å². The summed E-state index contributed by atoms with van der Waals surface area (Å²) in [5, 5.41) is 0. The number of hydrogen-bond donors (Lipinski definition) is 0. The number of rotatable bonds is 4. The molecule has 3 aromatic rings. The zero-order chi connectivity index (χ0) is 18.8. The highest BCUT2D eigenvalue weighted by Crippen LogP contribution is 2.44. The molecule has 0 aliphatic carbocycles. The number of carbonyl (C=O) groups is 2. The smallest absolute Gasteiger partial charge is 0.238 e. The van der Waals surface area contributed by atoms with E-state index in [0.717, 1.165) is 16.7 Å². The molecule has 3 nitrogen and oxygen atoms in total. The fraction of sp³-hybridized carbons (Fsp3) is 0.167. The third kappa shape index (κ3) is 3.06. The monoisotopic (exact) mass is 355 g/mol. The number of amides is 2. The summed E-state index contributed by atoms with van der Waals surface area (Å²) < 4.78 is 0. The molecule has 4 rings (SSSR count). The quantitative estimate of drug-likeness (QED) is 0.637. The highest BCUT2D eigenvalue weighted by molar-refractivity contribution is 6.10. The summed E-state index contributed by atoms with van der Waals surface area (Å²) in [5.74, 6) is -1.24. The molecule has 3 heteroatoms. The highest BCUT2D eigenvalue weighted by atomic mass is 16.2. The topological polar surface area (TPSA) is 37.4 Å². The standard InChI is InChI=1S/C24H21NO2/c1-17(18-11-5-2-6-12-18)25-23(26)21(19-13-7-3-8-14-19)22(24(25)27)20-15-9-4-10-16-20/h2-17,21-22H,1H3/t17-,21+,22+/m1/s1. The van der Waals surface area contributed by atoms with Gasteiger partial charge in [-0.2, -0.15) is 0 Å². The van der Waals surface area contributed by atoms with Crippen molar-refractivity contribution < 1.29 is 9.59 Å². The van der Waals surface area contributed by atoms with Gasteiger partial charge in [-0.05, 0) is 23.6 Å². The Kier molecular flexibility index (Phi) is 4.59. The van der Waals surface area contributed by atoms with E-state index >= 15 is 0 Å². The lowest BCUT2D eigenvalue weighted by atomic mass is 9.83. The molecule has 0 unspecified atom stereocenters. The Morgan fingerprint density at radius 3 is 1.41 bits per heavy atom. The first-order chi connectivity index (χ1) is 13.2. The van der Waals surface area contributed by atoms with Gasteiger partial charge in [0.15, 0.2) is 0 Å². The Labute approximate surface area is 159 Å². The summed E-state index contributed by atoms with van der Waals surface area (Å²) in [6.45, 7) is 1.92. The van der Waals surface area contributed by atoms with Crippen molar-refractivity contribution in [2.75, 3.05) is 0 Å². The van der Waals surface area contributed by atoms with Gasteiger partial charge in [0.25, 0.3) is 0 Å². The third-order valence-corrected chi connectivity index (χ3v) is 5.33. The Balaban J connectivity index is 1.79. The van der Waals surface area contributed by atoms with Crippen molar-refractivity contribution in [2.45, 2.75) is 24.8 Å². The molecule has 1 aliphatic rings. The molecule has 0 radical (unpaired) electrons. The molecule has 3 atom stereocenters. The summed E-state index contributed by atoms with van der Waals surface area (Å²) in [7, 11) is 0. The SMILES string of the molecule is C[C@H](c1ccccc1)N1C(=O)[C@@H](c2ccccc2)[C@H](c2ccccc2)C1=O. The van der Waals surface area contributed by atoms with E-state index in [0.29, 0.717) is 0 Å². The summed E-state index contributed by atoms with van der Waals surface area (Å²) >= 11 is 0. The largest absolute Gasteiger partial charge is 0.274 e. The van der Waals surface area contributed by atoms with Crippen LogP contribution in [0.1, 0.15) is 41.5 Å². The van der Waals surface area contributed by atoms with Crippen molar-refractivity contribution in [3.8, 4) is 0 Å². The van der Waals surface area contributed by atoms with Crippen LogP contribution in [-0.4, -0.2) is 16.7 Å². The molecule has 1 fully saturated rings. The van der Waals surface area contributed by atoms with E-state index in [1.165, 1.54) is 4.90 Å². The zero-order valence-electron chi connectivity index (χ0n) is 15.2. The van der Waals surface area contributed by atoms with E-state index in [1.54, 1.807) is 0 Å². The number of nitrogens with zero attached hydrogens (tertiary/aromatic N) is 1. The van der Waals surface area contributed by atoms with Crippen molar-refractivity contribution >= 4 is 11.8 Å². The molecular weight excluding hydrogens is 334 g/mol. The van der Waals surface area contributed by atoms with E-state index in [2.05, 4.69) is 0 Å². The van der Waals surface area contributed by atoms with Crippen molar-refractivity contribution in [3.63, 3.8) is 0 Å². The molecule has 3 aromatic carbocycles. The molecule has 1 aliphatic heterocycles. The van der Waals surface area contributed by atoms with Crippen LogP contribution in [0, 0.1) is 0 Å². The van der Waals surface area contributed by atoms with Gasteiger partial charge in [-0.25, -0.2) is 0 Å². The molecule has 1 saturated heterocycles.